The van der Waals surface area contributed by atoms with Gasteiger partial charge in [-0.25, -0.2) is 9.31 Å². The average Bonchev–Trinajstić information content (AvgIpc) is 3.13. The topological polar surface area (TPSA) is 124 Å². The number of alkyl halides is 3. The summed E-state index contributed by atoms with van der Waals surface area (Å²) in [6.45, 7) is 6.11. The largest absolute Gasteiger partial charge is 0.490 e. The first-order valence-electron chi connectivity index (χ1n) is 10.3. The lowest BCUT2D eigenvalue weighted by atomic mass is 9.72. The highest BCUT2D eigenvalue weighted by Gasteiger charge is 2.53. The number of aryl methyl sites for hydroxylation is 1. The van der Waals surface area contributed by atoms with E-state index in [0.717, 1.165) is 19.6 Å². The molecule has 5 rings (SSSR count). The Morgan fingerprint density at radius 1 is 1.15 bits per heavy atom. The van der Waals surface area contributed by atoms with Crippen LogP contribution in [0.4, 0.5) is 13.2 Å². The number of hydrogen-bond donors (Lipinski definition) is 2. The molecule has 2 saturated heterocycles. The molecule has 0 saturated carbocycles. The minimum absolute atomic E-state index is 0.131. The van der Waals surface area contributed by atoms with E-state index >= 15 is 0 Å². The van der Waals surface area contributed by atoms with Gasteiger partial charge in [0.2, 0.25) is 0 Å². The van der Waals surface area contributed by atoms with E-state index in [4.69, 9.17) is 9.90 Å². The molecule has 0 bridgehead atoms. The van der Waals surface area contributed by atoms with Crippen molar-refractivity contribution >= 4 is 17.4 Å². The number of likely N-dealkylation sites (tertiary alicyclic amines) is 2. The number of carboxylic acid groups (broad SMARTS) is 1. The summed E-state index contributed by atoms with van der Waals surface area (Å²) in [5.41, 5.74) is 2.18. The van der Waals surface area contributed by atoms with Gasteiger partial charge in [-0.05, 0) is 12.5 Å². The molecule has 0 unspecified atom stereocenters. The van der Waals surface area contributed by atoms with Crippen molar-refractivity contribution < 1.29 is 27.9 Å². The van der Waals surface area contributed by atoms with Crippen LogP contribution < -0.4 is 5.56 Å². The molecule has 4 heterocycles. The number of H-pyrrole nitrogens is 1. The molecule has 2 N–H and O–H groups in total. The maximum absolute atomic E-state index is 12.8. The summed E-state index contributed by atoms with van der Waals surface area (Å²) in [4.78, 5) is 40.7. The van der Waals surface area contributed by atoms with Crippen molar-refractivity contribution in [3.05, 3.63) is 63.8 Å². The third-order valence-corrected chi connectivity index (χ3v) is 5.69. The van der Waals surface area contributed by atoms with Crippen LogP contribution in [0.15, 0.2) is 41.3 Å². The van der Waals surface area contributed by atoms with E-state index in [0.29, 0.717) is 18.8 Å². The molecule has 0 radical (unpaired) electrons. The Morgan fingerprint density at radius 3 is 2.35 bits per heavy atom. The molecule has 2 aliphatic rings. The molecule has 13 heteroatoms. The Labute approximate surface area is 190 Å². The number of carboxylic acids is 1. The predicted molar refractivity (Wildman–Crippen MR) is 112 cm³/mol. The monoisotopic (exact) mass is 478 g/mol. The fourth-order valence-corrected chi connectivity index (χ4v) is 4.31. The maximum Gasteiger partial charge on any atom is 0.490 e. The van der Waals surface area contributed by atoms with E-state index in [2.05, 4.69) is 44.5 Å². The standard InChI is InChI=1S/C19H20N6O2.C2HF3O2/c1-13-7-25-16(17(26)20-13)15(21-22-25)18(27)24-11-19(12-24)9-23(10-19)8-14-5-3-2-4-6-14;3-2(4,5)1(6)7/h2-7H,8-12H2,1H3,(H,20,26);(H,6,7). The second-order valence-electron chi connectivity index (χ2n) is 8.59. The number of rotatable bonds is 3. The van der Waals surface area contributed by atoms with Crippen molar-refractivity contribution in [1.82, 2.24) is 29.6 Å². The lowest BCUT2D eigenvalue weighted by molar-refractivity contribution is -0.192. The van der Waals surface area contributed by atoms with Crippen molar-refractivity contribution in [2.24, 2.45) is 5.41 Å². The quantitative estimate of drug-likeness (QED) is 0.582. The molecular weight excluding hydrogens is 457 g/mol. The third-order valence-electron chi connectivity index (χ3n) is 5.69. The Bertz CT molecular complexity index is 1270. The Kier molecular flexibility index (Phi) is 5.89. The summed E-state index contributed by atoms with van der Waals surface area (Å²) in [5, 5.41) is 15.0. The first kappa shape index (κ1) is 23.4. The van der Waals surface area contributed by atoms with Crippen LogP contribution in [0.2, 0.25) is 0 Å². The lowest BCUT2D eigenvalue weighted by Gasteiger charge is -2.60. The first-order valence-corrected chi connectivity index (χ1v) is 10.3. The molecule has 1 aromatic carbocycles. The highest BCUT2D eigenvalue weighted by Crippen LogP contribution is 2.40. The summed E-state index contributed by atoms with van der Waals surface area (Å²) >= 11 is 0. The van der Waals surface area contributed by atoms with Crippen LogP contribution in [0, 0.1) is 12.3 Å². The van der Waals surface area contributed by atoms with Crippen molar-refractivity contribution in [1.29, 1.82) is 0 Å². The Hall–Kier alpha value is -3.74. The number of benzene rings is 1. The second kappa shape index (κ2) is 8.56. The van der Waals surface area contributed by atoms with Gasteiger partial charge in [0.15, 0.2) is 11.2 Å². The number of halogens is 3. The number of carbonyl (C=O) groups excluding carboxylic acids is 1. The SMILES string of the molecule is Cc1cn2nnc(C(=O)N3CC4(CN(Cc5ccccc5)C4)C3)c2c(=O)[nH]1.O=C(O)C(F)(F)F. The third kappa shape index (κ3) is 4.64. The van der Waals surface area contributed by atoms with Crippen LogP contribution in [-0.2, 0) is 11.3 Å². The summed E-state index contributed by atoms with van der Waals surface area (Å²) in [7, 11) is 0. The van der Waals surface area contributed by atoms with E-state index in [1.54, 1.807) is 18.0 Å². The molecule has 0 aliphatic carbocycles. The number of nitrogens with zero attached hydrogens (tertiary/aromatic N) is 5. The minimum atomic E-state index is -5.08. The smallest absolute Gasteiger partial charge is 0.475 e. The van der Waals surface area contributed by atoms with E-state index in [9.17, 15) is 22.8 Å². The van der Waals surface area contributed by atoms with Crippen LogP contribution in [-0.4, -0.2) is 78.9 Å². The molecule has 1 amide bonds. The zero-order chi connectivity index (χ0) is 24.7. The summed E-state index contributed by atoms with van der Waals surface area (Å²) in [6.07, 6.45) is -3.43. The number of fused-ring (bicyclic) bond motifs is 1. The zero-order valence-electron chi connectivity index (χ0n) is 18.0. The van der Waals surface area contributed by atoms with Gasteiger partial charge in [0.25, 0.3) is 11.5 Å². The van der Waals surface area contributed by atoms with Crippen LogP contribution in [0.25, 0.3) is 5.52 Å². The highest BCUT2D eigenvalue weighted by molar-refractivity contribution is 5.99. The number of carbonyl (C=O) groups is 2. The number of nitrogens with one attached hydrogen (secondary N) is 1. The van der Waals surface area contributed by atoms with Gasteiger partial charge in [-0.15, -0.1) is 5.10 Å². The van der Waals surface area contributed by atoms with Gasteiger partial charge in [-0.1, -0.05) is 35.5 Å². The van der Waals surface area contributed by atoms with Crippen LogP contribution in [0.3, 0.4) is 0 Å². The van der Waals surface area contributed by atoms with Crippen molar-refractivity contribution in [3.63, 3.8) is 0 Å². The lowest BCUT2D eigenvalue weighted by Crippen LogP contribution is -2.72. The van der Waals surface area contributed by atoms with Crippen molar-refractivity contribution in [3.8, 4) is 0 Å². The molecule has 2 aliphatic heterocycles. The molecule has 3 aromatic rings. The van der Waals surface area contributed by atoms with E-state index in [1.807, 2.05) is 6.07 Å². The molecule has 2 aromatic heterocycles. The fourth-order valence-electron chi connectivity index (χ4n) is 4.31. The Morgan fingerprint density at radius 2 is 1.76 bits per heavy atom. The minimum Gasteiger partial charge on any atom is -0.475 e. The van der Waals surface area contributed by atoms with Crippen LogP contribution >= 0.6 is 0 Å². The molecule has 1 spiro atoms. The molecular formula is C21H21F3N6O4. The van der Waals surface area contributed by atoms with E-state index < -0.39 is 12.1 Å². The number of aliphatic carboxylic acids is 1. The Balaban J connectivity index is 0.000000344. The number of aromatic amines is 1. The maximum atomic E-state index is 12.8. The van der Waals surface area contributed by atoms with Gasteiger partial charge in [0, 0.05) is 43.8 Å². The molecule has 0 atom stereocenters. The van der Waals surface area contributed by atoms with Gasteiger partial charge in [0.1, 0.15) is 0 Å². The first-order chi connectivity index (χ1) is 16.0. The van der Waals surface area contributed by atoms with Gasteiger partial charge < -0.3 is 15.0 Å². The van der Waals surface area contributed by atoms with Gasteiger partial charge in [-0.3, -0.25) is 14.5 Å². The van der Waals surface area contributed by atoms with Gasteiger partial charge in [0.05, 0.1) is 6.20 Å². The number of aromatic nitrogens is 4. The van der Waals surface area contributed by atoms with Crippen LogP contribution in [0.1, 0.15) is 21.7 Å². The fraction of sp³-hybridized carbons (Fsp3) is 0.381. The zero-order valence-corrected chi connectivity index (χ0v) is 18.0. The average molecular weight is 478 g/mol. The normalized spacial score (nSPS) is 17.0. The molecule has 2 fully saturated rings. The molecule has 34 heavy (non-hydrogen) atoms. The number of amides is 1. The predicted octanol–water partition coefficient (Wildman–Crippen LogP) is 1.32. The van der Waals surface area contributed by atoms with Gasteiger partial charge in [-0.2, -0.15) is 13.2 Å². The molecule has 10 nitrogen and oxygen atoms in total. The second-order valence-corrected chi connectivity index (χ2v) is 8.59. The molecule has 180 valence electrons. The highest BCUT2D eigenvalue weighted by atomic mass is 19.4. The van der Waals surface area contributed by atoms with Crippen molar-refractivity contribution in [2.75, 3.05) is 26.2 Å². The summed E-state index contributed by atoms with van der Waals surface area (Å²) < 4.78 is 33.1. The summed E-state index contributed by atoms with van der Waals surface area (Å²) in [5.74, 6) is -2.97. The summed E-state index contributed by atoms with van der Waals surface area (Å²) in [6, 6.07) is 10.4. The van der Waals surface area contributed by atoms with E-state index in [-0.39, 0.29) is 28.1 Å². The van der Waals surface area contributed by atoms with Crippen molar-refractivity contribution in [2.45, 2.75) is 19.6 Å². The van der Waals surface area contributed by atoms with Gasteiger partial charge >= 0.3 is 12.1 Å². The van der Waals surface area contributed by atoms with E-state index in [1.165, 1.54) is 10.1 Å². The van der Waals surface area contributed by atoms with Crippen LogP contribution in [0.5, 0.6) is 0 Å². The number of hydrogen-bond acceptors (Lipinski definition) is 6.